The van der Waals surface area contributed by atoms with E-state index in [4.69, 9.17) is 19.4 Å². The number of aromatic nitrogens is 2. The second-order valence-corrected chi connectivity index (χ2v) is 12.5. The summed E-state index contributed by atoms with van der Waals surface area (Å²) < 4.78 is 6.84. The number of carbonyl (C=O) groups excluding carboxylic acids is 2. The van der Waals surface area contributed by atoms with Crippen molar-refractivity contribution in [1.82, 2.24) is 9.55 Å². The Bertz CT molecular complexity index is 1400. The smallest absolute Gasteiger partial charge is 0.418 e. The highest BCUT2D eigenvalue weighted by Gasteiger charge is 2.63. The van der Waals surface area contributed by atoms with E-state index in [1.165, 1.54) is 15.5 Å². The summed E-state index contributed by atoms with van der Waals surface area (Å²) in [5, 5.41) is 2.31. The Labute approximate surface area is 262 Å². The molecule has 9 heteroatoms. The molecule has 2 aromatic carbocycles. The summed E-state index contributed by atoms with van der Waals surface area (Å²) in [7, 11) is 0. The van der Waals surface area contributed by atoms with Gasteiger partial charge in [0.05, 0.1) is 16.3 Å². The summed E-state index contributed by atoms with van der Waals surface area (Å²) in [6, 6.07) is 19.9. The van der Waals surface area contributed by atoms with Crippen LogP contribution in [0.25, 0.3) is 21.8 Å². The largest absolute Gasteiger partial charge is 0.443 e. The van der Waals surface area contributed by atoms with Gasteiger partial charge in [0.2, 0.25) is 0 Å². The van der Waals surface area contributed by atoms with Crippen LogP contribution >= 0.6 is 0 Å². The monoisotopic (exact) mass is 612 g/mol. The second-order valence-electron chi connectivity index (χ2n) is 12.5. The summed E-state index contributed by atoms with van der Waals surface area (Å²) >= 11 is 0. The molecule has 3 heterocycles. The first-order valence-corrected chi connectivity index (χ1v) is 15.1. The molecule has 1 aliphatic rings. The third-order valence-electron chi connectivity index (χ3n) is 5.64. The topological polar surface area (TPSA) is 108 Å². The van der Waals surface area contributed by atoms with Gasteiger partial charge in [0, 0.05) is 23.3 Å². The Kier molecular flexibility index (Phi) is 14.3. The van der Waals surface area contributed by atoms with Crippen LogP contribution in [0.3, 0.4) is 0 Å². The van der Waals surface area contributed by atoms with Crippen LogP contribution in [0.4, 0.5) is 4.79 Å². The summed E-state index contributed by atoms with van der Waals surface area (Å²) in [6.07, 6.45) is 3.34. The zero-order valence-corrected chi connectivity index (χ0v) is 28.7. The number of rotatable bonds is 2. The van der Waals surface area contributed by atoms with Crippen molar-refractivity contribution in [3.05, 3.63) is 73.1 Å². The molecule has 0 atom stereocenters. The number of nitrogens with one attached hydrogen (secondary N) is 1. The van der Waals surface area contributed by atoms with Crippen LogP contribution in [0.1, 0.15) is 90.0 Å². The highest BCUT2D eigenvalue weighted by molar-refractivity contribution is 5.89. The minimum absolute atomic E-state index is 0.339. The van der Waals surface area contributed by atoms with E-state index in [2.05, 4.69) is 28.1 Å². The fraction of sp³-hybridized carbons (Fsp3) is 0.486. The Morgan fingerprint density at radius 3 is 1.80 bits per heavy atom. The summed E-state index contributed by atoms with van der Waals surface area (Å²) in [4.78, 5) is 45.4. The molecule has 1 N–H and O–H groups in total. The third-order valence-corrected chi connectivity index (χ3v) is 5.64. The molecule has 0 amide bonds. The first-order chi connectivity index (χ1) is 20.5. The lowest BCUT2D eigenvalue weighted by Gasteiger charge is -2.22. The van der Waals surface area contributed by atoms with Crippen molar-refractivity contribution in [1.29, 1.82) is 0 Å². The van der Waals surface area contributed by atoms with Crippen LogP contribution < -0.4 is 0 Å². The molecule has 9 nitrogen and oxygen atoms in total. The Morgan fingerprint density at radius 1 is 0.750 bits per heavy atom. The van der Waals surface area contributed by atoms with E-state index in [1.54, 1.807) is 27.0 Å². The van der Waals surface area contributed by atoms with Crippen LogP contribution in [0, 0.1) is 10.8 Å². The Morgan fingerprint density at radius 2 is 1.30 bits per heavy atom. The third kappa shape index (κ3) is 11.4. The zero-order chi connectivity index (χ0) is 33.8. The molecular weight excluding hydrogens is 560 g/mol. The molecule has 4 aromatic rings. The van der Waals surface area contributed by atoms with Gasteiger partial charge in [-0.25, -0.2) is 9.59 Å². The molecule has 0 unspecified atom stereocenters. The van der Waals surface area contributed by atoms with Crippen LogP contribution in [0.15, 0.2) is 73.1 Å². The van der Waals surface area contributed by atoms with Crippen LogP contribution in [0.5, 0.6) is 0 Å². The lowest BCUT2D eigenvalue weighted by Crippen LogP contribution is -2.35. The van der Waals surface area contributed by atoms with Crippen molar-refractivity contribution >= 4 is 33.9 Å². The van der Waals surface area contributed by atoms with E-state index < -0.39 is 28.4 Å². The quantitative estimate of drug-likeness (QED) is 0.136. The predicted molar refractivity (Wildman–Crippen MR) is 176 cm³/mol. The Balaban J connectivity index is 0.000000321. The predicted octanol–water partition coefficient (Wildman–Crippen LogP) is 9.81. The fourth-order valence-corrected chi connectivity index (χ4v) is 3.21. The van der Waals surface area contributed by atoms with E-state index in [9.17, 15) is 9.59 Å². The maximum Gasteiger partial charge on any atom is 0.418 e. The number of ether oxygens (including phenoxy) is 1. The van der Waals surface area contributed by atoms with Crippen molar-refractivity contribution in [2.75, 3.05) is 0 Å². The number of hydrogen-bond donors (Lipinski definition) is 1. The number of fused-ring (bicyclic) bond motifs is 2. The molecule has 44 heavy (non-hydrogen) atoms. The molecule has 1 aliphatic heterocycles. The van der Waals surface area contributed by atoms with Crippen LogP contribution in [-0.4, -0.2) is 33.2 Å². The number of nitrogens with zero attached hydrogens (tertiary/aromatic N) is 1. The van der Waals surface area contributed by atoms with Gasteiger partial charge in [0.25, 0.3) is 0 Å². The average Bonchev–Trinajstić information content (AvgIpc) is 3.42. The van der Waals surface area contributed by atoms with Gasteiger partial charge in [0.15, 0.2) is 0 Å². The van der Waals surface area contributed by atoms with Gasteiger partial charge in [-0.05, 0) is 71.2 Å². The molecule has 0 radical (unpaired) electrons. The first kappa shape index (κ1) is 38.4. The van der Waals surface area contributed by atoms with E-state index in [1.807, 2.05) is 118 Å². The summed E-state index contributed by atoms with van der Waals surface area (Å²) in [5.41, 5.74) is 0.566. The van der Waals surface area contributed by atoms with Crippen LogP contribution in [0.2, 0.25) is 0 Å². The second kappa shape index (κ2) is 16.4. The molecule has 1 fully saturated rings. The van der Waals surface area contributed by atoms with Crippen LogP contribution in [-0.2, 0) is 29.1 Å². The minimum atomic E-state index is -1.26. The number of carbonyl (C=O) groups is 2. The number of H-pyrrole nitrogens is 1. The van der Waals surface area contributed by atoms with Gasteiger partial charge in [-0.15, -0.1) is 4.89 Å². The normalized spacial score (nSPS) is 13.4. The van der Waals surface area contributed by atoms with Crippen molar-refractivity contribution in [3.63, 3.8) is 0 Å². The van der Waals surface area contributed by atoms with E-state index in [0.29, 0.717) is 0 Å². The number of para-hydroxylation sites is 2. The van der Waals surface area contributed by atoms with E-state index in [-0.39, 0.29) is 6.09 Å². The first-order valence-electron chi connectivity index (χ1n) is 15.1. The molecule has 0 bridgehead atoms. The van der Waals surface area contributed by atoms with Crippen molar-refractivity contribution in [3.8, 4) is 0 Å². The number of benzene rings is 2. The number of hydrogen-bond acceptors (Lipinski definition) is 7. The molecule has 0 spiro atoms. The van der Waals surface area contributed by atoms with Crippen molar-refractivity contribution < 1.29 is 33.9 Å². The maximum absolute atomic E-state index is 11.9. The maximum atomic E-state index is 11.9. The van der Waals surface area contributed by atoms with Gasteiger partial charge in [-0.1, -0.05) is 84.9 Å². The molecule has 1 saturated heterocycles. The highest BCUT2D eigenvalue weighted by atomic mass is 17.5. The minimum Gasteiger partial charge on any atom is -0.443 e. The summed E-state index contributed by atoms with van der Waals surface area (Å²) in [6.45, 7) is 24.3. The van der Waals surface area contributed by atoms with Crippen molar-refractivity contribution in [2.24, 2.45) is 10.8 Å². The van der Waals surface area contributed by atoms with E-state index in [0.717, 1.165) is 10.9 Å². The van der Waals surface area contributed by atoms with Gasteiger partial charge in [-0.2, -0.15) is 9.78 Å². The van der Waals surface area contributed by atoms with Gasteiger partial charge < -0.3 is 9.72 Å². The molecular formula is C35H52N2O7. The highest BCUT2D eigenvalue weighted by Crippen LogP contribution is 2.47. The fourth-order valence-electron chi connectivity index (χ4n) is 3.21. The number of aromatic amines is 1. The van der Waals surface area contributed by atoms with E-state index >= 15 is 0 Å². The molecule has 0 saturated carbocycles. The molecule has 2 aromatic heterocycles. The molecule has 0 aliphatic carbocycles. The lowest BCUT2D eigenvalue weighted by atomic mass is 9.94. The Hall–Kier alpha value is -3.66. The zero-order valence-electron chi connectivity index (χ0n) is 28.7. The van der Waals surface area contributed by atoms with Gasteiger partial charge in [0.1, 0.15) is 5.60 Å². The molecule has 244 valence electrons. The van der Waals surface area contributed by atoms with Gasteiger partial charge in [-0.3, -0.25) is 9.45 Å². The average molecular weight is 613 g/mol. The van der Waals surface area contributed by atoms with Crippen molar-refractivity contribution in [2.45, 2.75) is 102 Å². The SMILES string of the molecule is CC.CC.CC(C)(C)C(=O)OOC1(C(C)(C)C)OO1.CC(C)(C)OC(=O)n1ccc2ccccc21.c1ccc2[nH]ccc2c1. The summed E-state index contributed by atoms with van der Waals surface area (Å²) in [5.74, 6) is -1.72. The van der Waals surface area contributed by atoms with Gasteiger partial charge >= 0.3 is 18.0 Å². The lowest BCUT2D eigenvalue weighted by molar-refractivity contribution is -0.364. The standard InChI is InChI=1S/C13H15NO2.C10H18O5.C8H7N.2C2H6/c1-13(2,3)16-12(15)14-9-8-10-6-4-5-7-11(10)14;1-8(2,3)7(11)12-13-10(14-15-10)9(4,5)6;1-2-4-8-7(3-1)5-6-9-8;2*1-2/h4-9H,1-3H3;1-6H3;1-6,9H;2*1-2H3. The molecule has 5 rings (SSSR count).